The van der Waals surface area contributed by atoms with E-state index in [1.807, 2.05) is 6.07 Å². The van der Waals surface area contributed by atoms with Gasteiger partial charge in [0.1, 0.15) is 5.38 Å². The van der Waals surface area contributed by atoms with Crippen molar-refractivity contribution in [1.82, 2.24) is 5.32 Å². The summed E-state index contributed by atoms with van der Waals surface area (Å²) in [5.41, 5.74) is 0.844. The second kappa shape index (κ2) is 5.87. The molecule has 6 heteroatoms. The second-order valence-corrected chi connectivity index (χ2v) is 3.91. The van der Waals surface area contributed by atoms with Crippen LogP contribution in [0.25, 0.3) is 0 Å². The number of anilines is 1. The maximum Gasteiger partial charge on any atom is 0.325 e. The minimum Gasteiger partial charge on any atom is -0.308 e. The van der Waals surface area contributed by atoms with Crippen LogP contribution in [-0.2, 0) is 4.79 Å². The highest BCUT2D eigenvalue weighted by Crippen LogP contribution is 2.09. The molecule has 5 nitrogen and oxygen atoms in total. The molecule has 0 bridgehead atoms. The normalized spacial score (nSPS) is 11.1. The lowest BCUT2D eigenvalue weighted by molar-refractivity contribution is -0.119. The number of rotatable bonds is 2. The van der Waals surface area contributed by atoms with E-state index in [-0.39, 0.29) is 0 Å². The molecule has 88 valence electrons. The number of nitrogens with one attached hydrogen (secondary N) is 2. The van der Waals surface area contributed by atoms with Gasteiger partial charge >= 0.3 is 6.03 Å². The molecule has 1 atom stereocenters. The molecule has 0 saturated carbocycles. The average Bonchev–Trinajstić information content (AvgIpc) is 2.28. The van der Waals surface area contributed by atoms with Crippen molar-refractivity contribution in [2.24, 2.45) is 0 Å². The number of nitrogens with zero attached hydrogens (tertiary/aromatic N) is 1. The highest BCUT2D eigenvalue weighted by molar-refractivity contribution is 6.31. The quantitative estimate of drug-likeness (QED) is 0.787. The maximum absolute atomic E-state index is 11.3. The van der Waals surface area contributed by atoms with Crippen LogP contribution in [0.5, 0.6) is 0 Å². The van der Waals surface area contributed by atoms with Gasteiger partial charge in [0.05, 0.1) is 11.6 Å². The molecule has 0 aliphatic heterocycles. The van der Waals surface area contributed by atoms with Crippen molar-refractivity contribution in [3.63, 3.8) is 0 Å². The number of imide groups is 1. The van der Waals surface area contributed by atoms with Crippen LogP contribution in [0.1, 0.15) is 12.5 Å². The standard InChI is InChI=1S/C11H10ClN3O2/c1-7(12)10(16)15-11(17)14-9-4-2-3-8(5-9)6-13/h2-5,7H,1H3,(H2,14,15,16,17). The van der Waals surface area contributed by atoms with Gasteiger partial charge in [0.25, 0.3) is 0 Å². The van der Waals surface area contributed by atoms with Crippen LogP contribution in [0.3, 0.4) is 0 Å². The van der Waals surface area contributed by atoms with E-state index in [1.165, 1.54) is 13.0 Å². The minimum absolute atomic E-state index is 0.417. The molecular formula is C11H10ClN3O2. The van der Waals surface area contributed by atoms with Crippen molar-refractivity contribution < 1.29 is 9.59 Å². The third-order valence-corrected chi connectivity index (χ3v) is 2.05. The molecule has 0 radical (unpaired) electrons. The van der Waals surface area contributed by atoms with Gasteiger partial charge in [-0.25, -0.2) is 4.79 Å². The SMILES string of the molecule is CC(Cl)C(=O)NC(=O)Nc1cccc(C#N)c1. The summed E-state index contributed by atoms with van der Waals surface area (Å²) in [5.74, 6) is -0.583. The third-order valence-electron chi connectivity index (χ3n) is 1.85. The topological polar surface area (TPSA) is 82.0 Å². The number of hydrogen-bond acceptors (Lipinski definition) is 3. The van der Waals surface area contributed by atoms with Crippen LogP contribution in [0.15, 0.2) is 24.3 Å². The molecule has 0 spiro atoms. The number of halogens is 1. The first-order valence-electron chi connectivity index (χ1n) is 4.79. The summed E-state index contributed by atoms with van der Waals surface area (Å²) in [4.78, 5) is 22.5. The molecule has 0 fully saturated rings. The largest absolute Gasteiger partial charge is 0.325 e. The Morgan fingerprint density at radius 3 is 2.76 bits per heavy atom. The maximum atomic E-state index is 11.3. The summed E-state index contributed by atoms with van der Waals surface area (Å²) < 4.78 is 0. The molecule has 0 heterocycles. The molecule has 2 N–H and O–H groups in total. The monoisotopic (exact) mass is 251 g/mol. The van der Waals surface area contributed by atoms with Crippen molar-refractivity contribution in [1.29, 1.82) is 5.26 Å². The number of nitriles is 1. The van der Waals surface area contributed by atoms with Gasteiger partial charge in [-0.15, -0.1) is 11.6 Å². The first-order chi connectivity index (χ1) is 8.02. The van der Waals surface area contributed by atoms with Gasteiger partial charge in [-0.05, 0) is 25.1 Å². The lowest BCUT2D eigenvalue weighted by Crippen LogP contribution is -2.38. The van der Waals surface area contributed by atoms with E-state index in [1.54, 1.807) is 18.2 Å². The van der Waals surface area contributed by atoms with Crippen LogP contribution in [-0.4, -0.2) is 17.3 Å². The Kier molecular flexibility index (Phi) is 4.49. The van der Waals surface area contributed by atoms with Crippen LogP contribution in [0.4, 0.5) is 10.5 Å². The Labute approximate surface area is 103 Å². The zero-order valence-electron chi connectivity index (χ0n) is 9.03. The van der Waals surface area contributed by atoms with E-state index in [0.717, 1.165) is 0 Å². The minimum atomic E-state index is -0.786. The average molecular weight is 252 g/mol. The van der Waals surface area contributed by atoms with Crippen molar-refractivity contribution in [2.45, 2.75) is 12.3 Å². The Morgan fingerprint density at radius 1 is 1.47 bits per heavy atom. The van der Waals surface area contributed by atoms with E-state index >= 15 is 0 Å². The summed E-state index contributed by atoms with van der Waals surface area (Å²) in [7, 11) is 0. The number of hydrogen-bond donors (Lipinski definition) is 2. The summed E-state index contributed by atoms with van der Waals surface area (Å²) >= 11 is 5.49. The van der Waals surface area contributed by atoms with E-state index in [9.17, 15) is 9.59 Å². The highest BCUT2D eigenvalue weighted by atomic mass is 35.5. The van der Waals surface area contributed by atoms with Gasteiger partial charge in [-0.2, -0.15) is 5.26 Å². The lowest BCUT2D eigenvalue weighted by atomic mass is 10.2. The summed E-state index contributed by atoms with van der Waals surface area (Å²) in [5, 5.41) is 12.4. The smallest absolute Gasteiger partial charge is 0.308 e. The first kappa shape index (κ1) is 13.0. The Morgan fingerprint density at radius 2 is 2.18 bits per heavy atom. The van der Waals surface area contributed by atoms with Gasteiger partial charge in [-0.3, -0.25) is 10.1 Å². The third kappa shape index (κ3) is 4.13. The van der Waals surface area contributed by atoms with Crippen LogP contribution >= 0.6 is 11.6 Å². The molecule has 0 aliphatic carbocycles. The van der Waals surface area contributed by atoms with Crippen LogP contribution in [0, 0.1) is 11.3 Å². The fourth-order valence-corrected chi connectivity index (χ4v) is 1.09. The zero-order chi connectivity index (χ0) is 12.8. The molecule has 0 saturated heterocycles. The molecule has 17 heavy (non-hydrogen) atoms. The van der Waals surface area contributed by atoms with Gasteiger partial charge < -0.3 is 5.32 Å². The zero-order valence-corrected chi connectivity index (χ0v) is 9.78. The van der Waals surface area contributed by atoms with E-state index in [4.69, 9.17) is 16.9 Å². The Balaban J connectivity index is 2.63. The Hall–Kier alpha value is -2.06. The van der Waals surface area contributed by atoms with Gasteiger partial charge in [0.2, 0.25) is 5.91 Å². The number of benzene rings is 1. The lowest BCUT2D eigenvalue weighted by Gasteiger charge is -2.07. The van der Waals surface area contributed by atoms with Crippen molar-refractivity contribution in [2.75, 3.05) is 5.32 Å². The molecule has 1 rings (SSSR count). The van der Waals surface area contributed by atoms with E-state index in [2.05, 4.69) is 10.6 Å². The van der Waals surface area contributed by atoms with Crippen molar-refractivity contribution in [3.05, 3.63) is 29.8 Å². The molecule has 1 unspecified atom stereocenters. The molecule has 3 amide bonds. The molecule has 0 aliphatic rings. The fourth-order valence-electron chi connectivity index (χ4n) is 1.04. The fraction of sp³-hybridized carbons (Fsp3) is 0.182. The number of alkyl halides is 1. The highest BCUT2D eigenvalue weighted by Gasteiger charge is 2.12. The number of amides is 3. The molecular weight excluding hydrogens is 242 g/mol. The van der Waals surface area contributed by atoms with Gasteiger partial charge in [0, 0.05) is 5.69 Å². The molecule has 1 aromatic carbocycles. The molecule has 0 aromatic heterocycles. The van der Waals surface area contributed by atoms with E-state index < -0.39 is 17.3 Å². The number of carbonyl (C=O) groups is 2. The first-order valence-corrected chi connectivity index (χ1v) is 5.22. The number of urea groups is 1. The predicted molar refractivity (Wildman–Crippen MR) is 63.6 cm³/mol. The Bertz CT molecular complexity index is 480. The number of carbonyl (C=O) groups excluding carboxylic acids is 2. The summed E-state index contributed by atoms with van der Waals surface area (Å²) in [6.45, 7) is 1.46. The predicted octanol–water partition coefficient (Wildman–Crippen LogP) is 1.83. The van der Waals surface area contributed by atoms with Crippen LogP contribution < -0.4 is 10.6 Å². The van der Waals surface area contributed by atoms with Crippen LogP contribution in [0.2, 0.25) is 0 Å². The summed E-state index contributed by atoms with van der Waals surface area (Å²) in [6.07, 6.45) is 0. The second-order valence-electron chi connectivity index (χ2n) is 3.25. The van der Waals surface area contributed by atoms with Crippen molar-refractivity contribution >= 4 is 29.2 Å². The van der Waals surface area contributed by atoms with E-state index in [0.29, 0.717) is 11.3 Å². The van der Waals surface area contributed by atoms with Crippen molar-refractivity contribution in [3.8, 4) is 6.07 Å². The molecule has 1 aromatic rings. The summed E-state index contributed by atoms with van der Waals surface area (Å²) in [6, 6.07) is 7.59. The van der Waals surface area contributed by atoms with Gasteiger partial charge in [-0.1, -0.05) is 6.07 Å². The van der Waals surface area contributed by atoms with Gasteiger partial charge in [0.15, 0.2) is 0 Å².